The molecule has 0 aliphatic carbocycles. The number of benzene rings is 1. The minimum absolute atomic E-state index is 0.112. The molecule has 110 valence electrons. The summed E-state index contributed by atoms with van der Waals surface area (Å²) in [5.41, 5.74) is 1.91. The second-order valence-electron chi connectivity index (χ2n) is 5.37. The number of nitrogens with zero attached hydrogens (tertiary/aromatic N) is 4. The molecule has 1 aliphatic heterocycles. The summed E-state index contributed by atoms with van der Waals surface area (Å²) in [6.45, 7) is 3.53. The molecule has 1 aliphatic rings. The van der Waals surface area contributed by atoms with E-state index in [4.69, 9.17) is 0 Å². The maximum absolute atomic E-state index is 12.8. The first-order valence-corrected chi connectivity index (χ1v) is 7.40. The second-order valence-corrected chi connectivity index (χ2v) is 5.37. The van der Waals surface area contributed by atoms with E-state index in [1.54, 1.807) is 0 Å². The summed E-state index contributed by atoms with van der Waals surface area (Å²) in [6.07, 6.45) is 2.84. The number of nitrogens with one attached hydrogen (secondary N) is 1. The molecule has 0 spiro atoms. The van der Waals surface area contributed by atoms with E-state index in [1.165, 1.54) is 0 Å². The fourth-order valence-electron chi connectivity index (χ4n) is 2.92. The predicted octanol–water partition coefficient (Wildman–Crippen LogP) is 1.78. The first-order chi connectivity index (χ1) is 10.3. The Bertz CT molecular complexity index is 610. The highest BCUT2D eigenvalue weighted by molar-refractivity contribution is 5.95. The number of piperidine rings is 1. The number of H-pyrrole nitrogens is 1. The number of hydrogen-bond acceptors (Lipinski definition) is 4. The molecule has 3 rings (SSSR count). The predicted molar refractivity (Wildman–Crippen MR) is 77.9 cm³/mol. The highest BCUT2D eigenvalue weighted by Gasteiger charge is 2.28. The van der Waals surface area contributed by atoms with Crippen molar-refractivity contribution in [3.63, 3.8) is 0 Å². The largest absolute Gasteiger partial charge is 0.338 e. The van der Waals surface area contributed by atoms with Crippen molar-refractivity contribution in [2.75, 3.05) is 13.1 Å². The van der Waals surface area contributed by atoms with Crippen LogP contribution in [0.15, 0.2) is 24.3 Å². The van der Waals surface area contributed by atoms with Crippen molar-refractivity contribution in [2.45, 2.75) is 32.1 Å². The highest BCUT2D eigenvalue weighted by Crippen LogP contribution is 2.25. The summed E-state index contributed by atoms with van der Waals surface area (Å²) in [6, 6.07) is 7.84. The summed E-state index contributed by atoms with van der Waals surface area (Å²) in [5, 5.41) is 14.2. The standard InChI is InChI=1S/C15H19N5O/c1-2-11-6-3-4-8-13(11)15(21)20-9-5-7-12(10-20)14-16-18-19-17-14/h3-4,6,8,12H,2,5,7,9-10H2,1H3,(H,16,17,18,19)/t12-/m0/s1. The molecule has 0 radical (unpaired) electrons. The average molecular weight is 285 g/mol. The van der Waals surface area contributed by atoms with Gasteiger partial charge in [0.15, 0.2) is 5.82 Å². The van der Waals surface area contributed by atoms with Gasteiger partial charge in [-0.05, 0) is 30.9 Å². The van der Waals surface area contributed by atoms with Crippen LogP contribution in [0.4, 0.5) is 0 Å². The van der Waals surface area contributed by atoms with Gasteiger partial charge >= 0.3 is 0 Å². The van der Waals surface area contributed by atoms with Gasteiger partial charge in [0.1, 0.15) is 0 Å². The third-order valence-corrected chi connectivity index (χ3v) is 4.06. The van der Waals surface area contributed by atoms with Crippen molar-refractivity contribution in [1.29, 1.82) is 0 Å². The molecule has 1 amide bonds. The van der Waals surface area contributed by atoms with Crippen LogP contribution in [0, 0.1) is 0 Å². The van der Waals surface area contributed by atoms with Gasteiger partial charge in [0.25, 0.3) is 5.91 Å². The third-order valence-electron chi connectivity index (χ3n) is 4.06. The van der Waals surface area contributed by atoms with Gasteiger partial charge in [-0.1, -0.05) is 30.3 Å². The van der Waals surface area contributed by atoms with Gasteiger partial charge < -0.3 is 4.90 Å². The quantitative estimate of drug-likeness (QED) is 0.932. The van der Waals surface area contributed by atoms with Crippen LogP contribution in [0.5, 0.6) is 0 Å². The zero-order valence-corrected chi connectivity index (χ0v) is 12.1. The molecular weight excluding hydrogens is 266 g/mol. The first-order valence-electron chi connectivity index (χ1n) is 7.40. The molecule has 0 unspecified atom stereocenters. The fourth-order valence-corrected chi connectivity index (χ4v) is 2.92. The molecule has 6 nitrogen and oxygen atoms in total. The summed E-state index contributed by atoms with van der Waals surface area (Å²) in [4.78, 5) is 14.7. The number of carbonyl (C=O) groups is 1. The Hall–Kier alpha value is -2.24. The molecule has 1 fully saturated rings. The highest BCUT2D eigenvalue weighted by atomic mass is 16.2. The number of amides is 1. The smallest absolute Gasteiger partial charge is 0.254 e. The van der Waals surface area contributed by atoms with Crippen LogP contribution in [-0.2, 0) is 6.42 Å². The number of rotatable bonds is 3. The molecule has 1 aromatic carbocycles. The number of tetrazole rings is 1. The first kappa shape index (κ1) is 13.7. The van der Waals surface area contributed by atoms with E-state index < -0.39 is 0 Å². The number of hydrogen-bond donors (Lipinski definition) is 1. The molecule has 1 saturated heterocycles. The van der Waals surface area contributed by atoms with Gasteiger partial charge in [-0.25, -0.2) is 0 Å². The van der Waals surface area contributed by atoms with Crippen LogP contribution in [0.25, 0.3) is 0 Å². The number of aryl methyl sites for hydroxylation is 1. The van der Waals surface area contributed by atoms with Crippen LogP contribution < -0.4 is 0 Å². The molecule has 6 heteroatoms. The summed E-state index contributed by atoms with van der Waals surface area (Å²) in [5.74, 6) is 0.993. The topological polar surface area (TPSA) is 74.8 Å². The Morgan fingerprint density at radius 2 is 2.29 bits per heavy atom. The molecule has 0 bridgehead atoms. The lowest BCUT2D eigenvalue weighted by Crippen LogP contribution is -2.39. The Balaban J connectivity index is 1.78. The van der Waals surface area contributed by atoms with Crippen LogP contribution in [0.3, 0.4) is 0 Å². The van der Waals surface area contributed by atoms with Crippen molar-refractivity contribution in [2.24, 2.45) is 0 Å². The van der Waals surface area contributed by atoms with Crippen LogP contribution >= 0.6 is 0 Å². The zero-order valence-electron chi connectivity index (χ0n) is 12.1. The lowest BCUT2D eigenvalue weighted by atomic mass is 9.96. The van der Waals surface area contributed by atoms with Crippen LogP contribution in [0.1, 0.15) is 47.4 Å². The lowest BCUT2D eigenvalue weighted by Gasteiger charge is -2.31. The maximum atomic E-state index is 12.8. The Labute approximate surface area is 123 Å². The molecule has 2 heterocycles. The molecule has 21 heavy (non-hydrogen) atoms. The Kier molecular flexibility index (Phi) is 3.94. The molecule has 1 aromatic heterocycles. The minimum Gasteiger partial charge on any atom is -0.338 e. The number of carbonyl (C=O) groups excluding carboxylic acids is 1. The van der Waals surface area contributed by atoms with E-state index in [9.17, 15) is 4.79 Å². The molecule has 0 saturated carbocycles. The SMILES string of the molecule is CCc1ccccc1C(=O)N1CCC[C@H](c2nn[nH]n2)C1. The summed E-state index contributed by atoms with van der Waals surface area (Å²) < 4.78 is 0. The number of aromatic amines is 1. The average Bonchev–Trinajstić information content (AvgIpc) is 3.09. The molecule has 1 atom stereocenters. The van der Waals surface area contributed by atoms with E-state index >= 15 is 0 Å². The van der Waals surface area contributed by atoms with E-state index in [-0.39, 0.29) is 11.8 Å². The van der Waals surface area contributed by atoms with Crippen molar-refractivity contribution in [3.05, 3.63) is 41.2 Å². The molecule has 1 N–H and O–H groups in total. The number of likely N-dealkylation sites (tertiary alicyclic amines) is 1. The van der Waals surface area contributed by atoms with E-state index in [1.807, 2.05) is 29.2 Å². The van der Waals surface area contributed by atoms with Crippen molar-refractivity contribution in [3.8, 4) is 0 Å². The van der Waals surface area contributed by atoms with E-state index in [2.05, 4.69) is 27.5 Å². The van der Waals surface area contributed by atoms with Crippen molar-refractivity contribution in [1.82, 2.24) is 25.5 Å². The lowest BCUT2D eigenvalue weighted by molar-refractivity contribution is 0.0703. The normalized spacial score (nSPS) is 18.7. The van der Waals surface area contributed by atoms with Crippen molar-refractivity contribution < 1.29 is 4.79 Å². The van der Waals surface area contributed by atoms with Gasteiger partial charge in [0.2, 0.25) is 0 Å². The molecular formula is C15H19N5O. The van der Waals surface area contributed by atoms with E-state index in [0.29, 0.717) is 12.4 Å². The van der Waals surface area contributed by atoms with Crippen LogP contribution in [0.2, 0.25) is 0 Å². The number of aromatic nitrogens is 4. The van der Waals surface area contributed by atoms with Gasteiger partial charge in [0, 0.05) is 24.6 Å². The van der Waals surface area contributed by atoms with Gasteiger partial charge in [-0.3, -0.25) is 4.79 Å². The monoisotopic (exact) mass is 285 g/mol. The van der Waals surface area contributed by atoms with E-state index in [0.717, 1.165) is 36.9 Å². The van der Waals surface area contributed by atoms with Gasteiger partial charge in [0.05, 0.1) is 0 Å². The second kappa shape index (κ2) is 6.03. The maximum Gasteiger partial charge on any atom is 0.254 e. The molecule has 2 aromatic rings. The van der Waals surface area contributed by atoms with Crippen molar-refractivity contribution >= 4 is 5.91 Å². The van der Waals surface area contributed by atoms with Gasteiger partial charge in [-0.2, -0.15) is 5.21 Å². The third kappa shape index (κ3) is 2.79. The summed E-state index contributed by atoms with van der Waals surface area (Å²) >= 11 is 0. The Morgan fingerprint density at radius 3 is 3.05 bits per heavy atom. The zero-order chi connectivity index (χ0) is 14.7. The van der Waals surface area contributed by atoms with Crippen LogP contribution in [-0.4, -0.2) is 44.5 Å². The Morgan fingerprint density at radius 1 is 1.43 bits per heavy atom. The summed E-state index contributed by atoms with van der Waals surface area (Å²) in [7, 11) is 0. The fraction of sp³-hybridized carbons (Fsp3) is 0.467. The van der Waals surface area contributed by atoms with Gasteiger partial charge in [-0.15, -0.1) is 10.2 Å². The minimum atomic E-state index is 0.112.